The van der Waals surface area contributed by atoms with Crippen LogP contribution in [0.25, 0.3) is 11.5 Å². The van der Waals surface area contributed by atoms with E-state index in [0.717, 1.165) is 0 Å². The summed E-state index contributed by atoms with van der Waals surface area (Å²) in [6.07, 6.45) is 1.51. The number of nitrogens with two attached hydrogens (primary N) is 1. The van der Waals surface area contributed by atoms with Crippen molar-refractivity contribution in [2.75, 3.05) is 12.3 Å². The van der Waals surface area contributed by atoms with Crippen molar-refractivity contribution in [1.29, 1.82) is 0 Å². The topological polar surface area (TPSA) is 104 Å². The van der Waals surface area contributed by atoms with Gasteiger partial charge in [0.1, 0.15) is 5.82 Å². The second-order valence-corrected chi connectivity index (χ2v) is 3.11. The fourth-order valence-electron chi connectivity index (χ4n) is 1.20. The lowest BCUT2D eigenvalue weighted by Crippen LogP contribution is -2.06. The quantitative estimate of drug-likeness (QED) is 0.786. The first-order valence-corrected chi connectivity index (χ1v) is 4.93. The summed E-state index contributed by atoms with van der Waals surface area (Å²) in [6, 6.07) is 3.22. The average Bonchev–Trinajstić information content (AvgIpc) is 2.78. The Bertz CT molecular complexity index is 538. The number of aromatic nitrogens is 3. The zero-order valence-corrected chi connectivity index (χ0v) is 9.08. The number of hydrogen-bond acceptors (Lipinski definition) is 7. The molecule has 0 aliphatic rings. The first kappa shape index (κ1) is 11.1. The predicted octanol–water partition coefficient (Wildman–Crippen LogP) is 0.891. The number of carbonyl (C=O) groups excluding carboxylic acids is 1. The van der Waals surface area contributed by atoms with Crippen LogP contribution in [0.1, 0.15) is 17.5 Å². The van der Waals surface area contributed by atoms with Gasteiger partial charge in [0.15, 0.2) is 0 Å². The van der Waals surface area contributed by atoms with Gasteiger partial charge in [0.05, 0.1) is 6.61 Å². The van der Waals surface area contributed by atoms with Gasteiger partial charge in [-0.3, -0.25) is 0 Å². The van der Waals surface area contributed by atoms with Crippen LogP contribution >= 0.6 is 0 Å². The van der Waals surface area contributed by atoms with Crippen LogP contribution in [0.2, 0.25) is 0 Å². The predicted molar refractivity (Wildman–Crippen MR) is 57.9 cm³/mol. The van der Waals surface area contributed by atoms with E-state index in [4.69, 9.17) is 15.0 Å². The maximum absolute atomic E-state index is 11.3. The summed E-state index contributed by atoms with van der Waals surface area (Å²) in [5, 5.41) is 3.52. The van der Waals surface area contributed by atoms with E-state index in [9.17, 15) is 4.79 Å². The van der Waals surface area contributed by atoms with Gasteiger partial charge in [-0.1, -0.05) is 0 Å². The van der Waals surface area contributed by atoms with Gasteiger partial charge < -0.3 is 15.0 Å². The molecule has 0 amide bonds. The van der Waals surface area contributed by atoms with Crippen LogP contribution in [0.5, 0.6) is 0 Å². The van der Waals surface area contributed by atoms with E-state index in [1.807, 2.05) is 0 Å². The molecular weight excluding hydrogens is 224 g/mol. The molecule has 2 rings (SSSR count). The SMILES string of the molecule is CCOC(=O)c1noc(-c2ccnc(N)c2)n1. The van der Waals surface area contributed by atoms with E-state index in [1.54, 1.807) is 19.1 Å². The summed E-state index contributed by atoms with van der Waals surface area (Å²) in [6.45, 7) is 1.95. The smallest absolute Gasteiger partial charge is 0.379 e. The molecule has 0 aliphatic heterocycles. The van der Waals surface area contributed by atoms with E-state index < -0.39 is 5.97 Å². The average molecular weight is 234 g/mol. The summed E-state index contributed by atoms with van der Waals surface area (Å²) in [5.74, 6) is -0.206. The molecule has 88 valence electrons. The molecular formula is C10H10N4O3. The molecule has 0 aliphatic carbocycles. The minimum absolute atomic E-state index is 0.114. The van der Waals surface area contributed by atoms with Gasteiger partial charge in [0.2, 0.25) is 0 Å². The van der Waals surface area contributed by atoms with Gasteiger partial charge in [0.25, 0.3) is 11.7 Å². The molecule has 2 aromatic rings. The fraction of sp³-hybridized carbons (Fsp3) is 0.200. The Morgan fingerprint density at radius 2 is 2.41 bits per heavy atom. The molecule has 0 radical (unpaired) electrons. The van der Waals surface area contributed by atoms with Crippen molar-refractivity contribution in [3.8, 4) is 11.5 Å². The lowest BCUT2D eigenvalue weighted by atomic mass is 10.2. The van der Waals surface area contributed by atoms with E-state index in [-0.39, 0.29) is 18.3 Å². The summed E-state index contributed by atoms with van der Waals surface area (Å²) in [7, 11) is 0. The molecule has 0 unspecified atom stereocenters. The van der Waals surface area contributed by atoms with Crippen molar-refractivity contribution in [3.63, 3.8) is 0 Å². The van der Waals surface area contributed by atoms with Crippen LogP contribution in [-0.4, -0.2) is 27.7 Å². The van der Waals surface area contributed by atoms with Crippen molar-refractivity contribution in [2.24, 2.45) is 0 Å². The van der Waals surface area contributed by atoms with Gasteiger partial charge in [0, 0.05) is 11.8 Å². The highest BCUT2D eigenvalue weighted by atomic mass is 16.5. The number of carbonyl (C=O) groups is 1. The third kappa shape index (κ3) is 2.39. The van der Waals surface area contributed by atoms with Crippen molar-refractivity contribution < 1.29 is 14.1 Å². The molecule has 0 bridgehead atoms. The summed E-state index contributed by atoms with van der Waals surface area (Å²) in [5.41, 5.74) is 6.12. The summed E-state index contributed by atoms with van der Waals surface area (Å²) < 4.78 is 9.67. The third-order valence-corrected chi connectivity index (χ3v) is 1.91. The van der Waals surface area contributed by atoms with E-state index in [1.165, 1.54) is 6.20 Å². The highest BCUT2D eigenvalue weighted by Gasteiger charge is 2.16. The van der Waals surface area contributed by atoms with Crippen molar-refractivity contribution in [2.45, 2.75) is 6.92 Å². The van der Waals surface area contributed by atoms with Crippen molar-refractivity contribution >= 4 is 11.8 Å². The summed E-state index contributed by atoms with van der Waals surface area (Å²) >= 11 is 0. The Balaban J connectivity index is 2.27. The molecule has 0 fully saturated rings. The fourth-order valence-corrected chi connectivity index (χ4v) is 1.20. The number of anilines is 1. The lowest BCUT2D eigenvalue weighted by molar-refractivity contribution is 0.0508. The molecule has 7 nitrogen and oxygen atoms in total. The van der Waals surface area contributed by atoms with Crippen LogP contribution in [-0.2, 0) is 4.74 Å². The number of esters is 1. The van der Waals surface area contributed by atoms with Crippen LogP contribution < -0.4 is 5.73 Å². The molecule has 2 aromatic heterocycles. The van der Waals surface area contributed by atoms with Crippen LogP contribution in [0.4, 0.5) is 5.82 Å². The Morgan fingerprint density at radius 1 is 1.59 bits per heavy atom. The highest BCUT2D eigenvalue weighted by Crippen LogP contribution is 2.18. The van der Waals surface area contributed by atoms with Gasteiger partial charge in [-0.15, -0.1) is 0 Å². The van der Waals surface area contributed by atoms with Crippen LogP contribution in [0, 0.1) is 0 Å². The number of hydrogen-bond donors (Lipinski definition) is 1. The molecule has 17 heavy (non-hydrogen) atoms. The standard InChI is InChI=1S/C10H10N4O3/c1-2-16-10(15)8-13-9(17-14-8)6-3-4-12-7(11)5-6/h3-5H,2H2,1H3,(H2,11,12). The monoisotopic (exact) mass is 234 g/mol. The Hall–Kier alpha value is -2.44. The maximum atomic E-state index is 11.3. The molecule has 0 aromatic carbocycles. The Morgan fingerprint density at radius 3 is 3.12 bits per heavy atom. The lowest BCUT2D eigenvalue weighted by Gasteiger charge is -1.95. The van der Waals surface area contributed by atoms with Gasteiger partial charge >= 0.3 is 5.97 Å². The second kappa shape index (κ2) is 4.60. The van der Waals surface area contributed by atoms with Gasteiger partial charge in [-0.05, 0) is 24.2 Å². The highest BCUT2D eigenvalue weighted by molar-refractivity contribution is 5.85. The molecule has 0 atom stereocenters. The second-order valence-electron chi connectivity index (χ2n) is 3.11. The molecule has 0 saturated heterocycles. The number of nitrogen functional groups attached to an aromatic ring is 1. The van der Waals surface area contributed by atoms with E-state index in [0.29, 0.717) is 11.4 Å². The minimum atomic E-state index is -0.621. The molecule has 0 spiro atoms. The zero-order chi connectivity index (χ0) is 12.3. The number of pyridine rings is 1. The number of ether oxygens (including phenoxy) is 1. The van der Waals surface area contributed by atoms with Crippen molar-refractivity contribution in [1.82, 2.24) is 15.1 Å². The minimum Gasteiger partial charge on any atom is -0.460 e. The normalized spacial score (nSPS) is 10.2. The zero-order valence-electron chi connectivity index (χ0n) is 9.08. The first-order valence-electron chi connectivity index (χ1n) is 4.93. The third-order valence-electron chi connectivity index (χ3n) is 1.91. The number of rotatable bonds is 3. The van der Waals surface area contributed by atoms with E-state index in [2.05, 4.69) is 15.1 Å². The van der Waals surface area contributed by atoms with Crippen LogP contribution in [0.3, 0.4) is 0 Å². The van der Waals surface area contributed by atoms with E-state index >= 15 is 0 Å². The number of nitrogens with zero attached hydrogens (tertiary/aromatic N) is 3. The largest absolute Gasteiger partial charge is 0.460 e. The first-order chi connectivity index (χ1) is 8.20. The molecule has 2 heterocycles. The Labute approximate surface area is 96.6 Å². The van der Waals surface area contributed by atoms with Gasteiger partial charge in [-0.25, -0.2) is 9.78 Å². The van der Waals surface area contributed by atoms with Crippen LogP contribution in [0.15, 0.2) is 22.9 Å². The maximum Gasteiger partial charge on any atom is 0.379 e. The van der Waals surface area contributed by atoms with Crippen molar-refractivity contribution in [3.05, 3.63) is 24.2 Å². The molecule has 7 heteroatoms. The molecule has 2 N–H and O–H groups in total. The van der Waals surface area contributed by atoms with Gasteiger partial charge in [-0.2, -0.15) is 4.98 Å². The molecule has 0 saturated carbocycles. The summed E-state index contributed by atoms with van der Waals surface area (Å²) in [4.78, 5) is 19.0. The Kier molecular flexibility index (Phi) is 2.99.